The van der Waals surface area contributed by atoms with E-state index in [4.69, 9.17) is 4.74 Å². The number of carbonyl (C=O) groups excluding carboxylic acids is 1. The molecule has 0 bridgehead atoms. The van der Waals surface area contributed by atoms with E-state index in [9.17, 15) is 4.79 Å². The van der Waals surface area contributed by atoms with Gasteiger partial charge in [0.25, 0.3) is 0 Å². The van der Waals surface area contributed by atoms with Crippen molar-refractivity contribution in [2.75, 3.05) is 26.0 Å². The number of ether oxygens (including phenoxy) is 1. The Kier molecular flexibility index (Phi) is 5.76. The Labute approximate surface area is 172 Å². The highest BCUT2D eigenvalue weighted by Gasteiger charge is 2.48. The molecule has 0 aliphatic carbocycles. The van der Waals surface area contributed by atoms with Crippen molar-refractivity contribution in [1.29, 1.82) is 0 Å². The molecule has 0 fully saturated rings. The largest absolute Gasteiger partial charge is 0.441 e. The summed E-state index contributed by atoms with van der Waals surface area (Å²) in [4.78, 5) is 14.8. The van der Waals surface area contributed by atoms with Crippen LogP contribution in [0.15, 0.2) is 66.7 Å². The molecule has 1 aliphatic heterocycles. The highest BCUT2D eigenvalue weighted by molar-refractivity contribution is 5.96. The predicted molar refractivity (Wildman–Crippen MR) is 119 cm³/mol. The first-order valence-electron chi connectivity index (χ1n) is 9.69. The van der Waals surface area contributed by atoms with Gasteiger partial charge in [0.15, 0.2) is 5.60 Å². The van der Waals surface area contributed by atoms with Gasteiger partial charge in [-0.05, 0) is 39.1 Å². The Morgan fingerprint density at radius 1 is 0.793 bits per heavy atom. The summed E-state index contributed by atoms with van der Waals surface area (Å²) in [6.07, 6.45) is 0. The van der Waals surface area contributed by atoms with Gasteiger partial charge in [0.1, 0.15) is 0 Å². The second kappa shape index (κ2) is 8.10. The molecule has 3 aromatic rings. The molecule has 4 rings (SSSR count). The second-order valence-corrected chi connectivity index (χ2v) is 7.43. The van der Waals surface area contributed by atoms with Crippen molar-refractivity contribution >= 4 is 11.7 Å². The fourth-order valence-electron chi connectivity index (χ4n) is 3.76. The molecule has 150 valence electrons. The first kappa shape index (κ1) is 20.6. The standard InChI is InChI=1S/C24H23NO2.CH5N/c1-16-5-8-18(9-6-16)24(19-10-12-20(13-11-19)25(3)4)22-14-7-17(2)15-21(22)23(26)27-24;1-2/h5-15H,1-4H3;2H2,1H3. The van der Waals surface area contributed by atoms with Crippen LogP contribution in [0.1, 0.15) is 38.2 Å². The minimum absolute atomic E-state index is 0.272. The van der Waals surface area contributed by atoms with E-state index in [0.717, 1.165) is 27.9 Å². The monoisotopic (exact) mass is 388 g/mol. The van der Waals surface area contributed by atoms with Gasteiger partial charge >= 0.3 is 5.97 Å². The average Bonchev–Trinajstić information content (AvgIpc) is 3.03. The molecule has 0 radical (unpaired) electrons. The molecule has 0 saturated heterocycles. The number of cyclic esters (lactones) is 1. The molecule has 4 nitrogen and oxygen atoms in total. The third-order valence-corrected chi connectivity index (χ3v) is 5.27. The van der Waals surface area contributed by atoms with Crippen LogP contribution in [-0.2, 0) is 10.3 Å². The fraction of sp³-hybridized carbons (Fsp3) is 0.240. The molecule has 1 atom stereocenters. The molecule has 0 saturated carbocycles. The summed E-state index contributed by atoms with van der Waals surface area (Å²) in [7, 11) is 5.52. The lowest BCUT2D eigenvalue weighted by atomic mass is 9.79. The number of nitrogens with zero attached hydrogens (tertiary/aromatic N) is 1. The van der Waals surface area contributed by atoms with Crippen molar-refractivity contribution in [3.63, 3.8) is 0 Å². The molecule has 1 heterocycles. The molecule has 1 unspecified atom stereocenters. The maximum atomic E-state index is 12.8. The Morgan fingerprint density at radius 3 is 1.86 bits per heavy atom. The van der Waals surface area contributed by atoms with E-state index >= 15 is 0 Å². The summed E-state index contributed by atoms with van der Waals surface area (Å²) in [5, 5.41) is 0. The summed E-state index contributed by atoms with van der Waals surface area (Å²) in [5.41, 5.74) is 10.4. The lowest BCUT2D eigenvalue weighted by Gasteiger charge is -2.31. The number of fused-ring (bicyclic) bond motifs is 1. The third kappa shape index (κ3) is 3.52. The van der Waals surface area contributed by atoms with Gasteiger partial charge < -0.3 is 15.4 Å². The summed E-state index contributed by atoms with van der Waals surface area (Å²) in [5.74, 6) is -0.272. The number of aryl methyl sites for hydroxylation is 2. The van der Waals surface area contributed by atoms with E-state index in [1.54, 1.807) is 0 Å². The molecule has 0 amide bonds. The minimum atomic E-state index is -0.918. The van der Waals surface area contributed by atoms with Gasteiger partial charge in [0, 0.05) is 36.5 Å². The molecule has 2 N–H and O–H groups in total. The Balaban J connectivity index is 0.00000117. The van der Waals surface area contributed by atoms with E-state index in [1.165, 1.54) is 12.6 Å². The van der Waals surface area contributed by atoms with Crippen molar-refractivity contribution in [2.24, 2.45) is 5.73 Å². The summed E-state index contributed by atoms with van der Waals surface area (Å²) >= 11 is 0. The Hall–Kier alpha value is -3.11. The fourth-order valence-corrected chi connectivity index (χ4v) is 3.76. The van der Waals surface area contributed by atoms with Crippen molar-refractivity contribution in [3.8, 4) is 0 Å². The van der Waals surface area contributed by atoms with Crippen LogP contribution in [0.3, 0.4) is 0 Å². The minimum Gasteiger partial charge on any atom is -0.441 e. The van der Waals surface area contributed by atoms with Gasteiger partial charge in [0.05, 0.1) is 5.56 Å². The van der Waals surface area contributed by atoms with Crippen LogP contribution in [0, 0.1) is 13.8 Å². The van der Waals surface area contributed by atoms with E-state index < -0.39 is 5.60 Å². The lowest BCUT2D eigenvalue weighted by Crippen LogP contribution is -2.29. The van der Waals surface area contributed by atoms with Crippen LogP contribution < -0.4 is 10.6 Å². The number of hydrogen-bond donors (Lipinski definition) is 1. The van der Waals surface area contributed by atoms with E-state index in [2.05, 4.69) is 66.1 Å². The van der Waals surface area contributed by atoms with Crippen molar-refractivity contribution in [1.82, 2.24) is 0 Å². The van der Waals surface area contributed by atoms with Crippen LogP contribution in [-0.4, -0.2) is 27.1 Å². The van der Waals surface area contributed by atoms with Crippen LogP contribution in [0.2, 0.25) is 0 Å². The van der Waals surface area contributed by atoms with Crippen LogP contribution in [0.4, 0.5) is 5.69 Å². The molecule has 4 heteroatoms. The van der Waals surface area contributed by atoms with E-state index in [1.807, 2.05) is 39.2 Å². The molecule has 0 aromatic heterocycles. The summed E-state index contributed by atoms with van der Waals surface area (Å²) < 4.78 is 6.13. The maximum Gasteiger partial charge on any atom is 0.340 e. The molecule has 0 spiro atoms. The number of anilines is 1. The third-order valence-electron chi connectivity index (χ3n) is 5.27. The zero-order valence-corrected chi connectivity index (χ0v) is 17.7. The van der Waals surface area contributed by atoms with E-state index in [0.29, 0.717) is 5.56 Å². The Morgan fingerprint density at radius 2 is 1.31 bits per heavy atom. The first-order valence-corrected chi connectivity index (χ1v) is 9.69. The van der Waals surface area contributed by atoms with Crippen LogP contribution in [0.25, 0.3) is 0 Å². The topological polar surface area (TPSA) is 55.6 Å². The molecule has 29 heavy (non-hydrogen) atoms. The number of nitrogens with two attached hydrogens (primary N) is 1. The zero-order chi connectivity index (χ0) is 21.2. The number of hydrogen-bond acceptors (Lipinski definition) is 4. The number of carbonyl (C=O) groups is 1. The highest BCUT2D eigenvalue weighted by Crippen LogP contribution is 2.47. The highest BCUT2D eigenvalue weighted by atomic mass is 16.6. The molecular formula is C25H28N2O2. The van der Waals surface area contributed by atoms with Gasteiger partial charge in [-0.15, -0.1) is 0 Å². The SMILES string of the molecule is CN.Cc1ccc(C2(c3ccc(N(C)C)cc3)OC(=O)c3cc(C)ccc32)cc1. The first-order chi connectivity index (χ1) is 13.9. The van der Waals surface area contributed by atoms with Gasteiger partial charge in [-0.25, -0.2) is 4.79 Å². The van der Waals surface area contributed by atoms with Crippen LogP contribution in [0.5, 0.6) is 0 Å². The maximum absolute atomic E-state index is 12.8. The van der Waals surface area contributed by atoms with Crippen molar-refractivity contribution < 1.29 is 9.53 Å². The number of esters is 1. The number of benzene rings is 3. The van der Waals surface area contributed by atoms with Gasteiger partial charge in [-0.1, -0.05) is 59.7 Å². The molecule has 3 aromatic carbocycles. The smallest absolute Gasteiger partial charge is 0.340 e. The Bertz CT molecular complexity index is 1010. The summed E-state index contributed by atoms with van der Waals surface area (Å²) in [6.45, 7) is 4.05. The van der Waals surface area contributed by atoms with Gasteiger partial charge in [0.2, 0.25) is 0 Å². The van der Waals surface area contributed by atoms with Crippen LogP contribution >= 0.6 is 0 Å². The van der Waals surface area contributed by atoms with E-state index in [-0.39, 0.29) is 5.97 Å². The molecular weight excluding hydrogens is 360 g/mol. The lowest BCUT2D eigenvalue weighted by molar-refractivity contribution is 0.0251. The average molecular weight is 389 g/mol. The normalized spacial score (nSPS) is 17.1. The van der Waals surface area contributed by atoms with Gasteiger partial charge in [-0.3, -0.25) is 0 Å². The van der Waals surface area contributed by atoms with Crippen molar-refractivity contribution in [3.05, 3.63) is 100 Å². The molecule has 1 aliphatic rings. The number of rotatable bonds is 3. The zero-order valence-electron chi connectivity index (χ0n) is 17.7. The van der Waals surface area contributed by atoms with Crippen molar-refractivity contribution in [2.45, 2.75) is 19.4 Å². The summed E-state index contributed by atoms with van der Waals surface area (Å²) in [6, 6.07) is 22.4. The predicted octanol–water partition coefficient (Wildman–Crippen LogP) is 4.41. The quantitative estimate of drug-likeness (QED) is 0.676. The second-order valence-electron chi connectivity index (χ2n) is 7.43. The van der Waals surface area contributed by atoms with Gasteiger partial charge in [-0.2, -0.15) is 0 Å².